The fourth-order valence-corrected chi connectivity index (χ4v) is 11.4. The quantitative estimate of drug-likeness (QED) is 0.148. The van der Waals surface area contributed by atoms with Crippen LogP contribution in [-0.4, -0.2) is 4.57 Å². The van der Waals surface area contributed by atoms with Crippen molar-refractivity contribution in [1.82, 2.24) is 4.57 Å². The molecule has 0 fully saturated rings. The molecule has 0 saturated heterocycles. The molecule has 1 aliphatic rings. The lowest BCUT2D eigenvalue weighted by atomic mass is 9.70. The van der Waals surface area contributed by atoms with E-state index in [0.29, 0.717) is 0 Å². The molecule has 1 unspecified atom stereocenters. The van der Waals surface area contributed by atoms with E-state index in [9.17, 15) is 0 Å². The lowest BCUT2D eigenvalue weighted by molar-refractivity contribution is 0.569. The smallest absolute Gasteiger partial charge is 0.100 e. The van der Waals surface area contributed by atoms with Gasteiger partial charge in [0, 0.05) is 42.3 Å². The summed E-state index contributed by atoms with van der Waals surface area (Å²) in [4.78, 5) is 2.70. The van der Waals surface area contributed by atoms with Gasteiger partial charge in [-0.1, -0.05) is 182 Å². The molecule has 2 nitrogen and oxygen atoms in total. The molecule has 0 N–H and O–H groups in total. The van der Waals surface area contributed by atoms with Gasteiger partial charge in [0.2, 0.25) is 0 Å². The molecule has 11 aromatic rings. The number of benzene rings is 9. The first-order chi connectivity index (χ1) is 31.3. The Hall–Kier alpha value is -7.72. The Labute approximate surface area is 371 Å². The van der Waals surface area contributed by atoms with Crippen LogP contribution in [0.4, 0.5) is 11.4 Å². The predicted molar refractivity (Wildman–Crippen MR) is 269 cm³/mol. The SMILES string of the molecule is C1=CCC(c2ccccc2-c2ccccc2)(N(c2cccc(-c3ccc4c(c3)c3ccccc3n4-c3ccccc3)c2)c2cccc3sc4ccccc4c23)C(c2ccccc2)=C1. The van der Waals surface area contributed by atoms with Gasteiger partial charge in [0.25, 0.3) is 0 Å². The maximum atomic E-state index is 2.70. The molecule has 0 saturated carbocycles. The Morgan fingerprint density at radius 2 is 1.10 bits per heavy atom. The largest absolute Gasteiger partial charge is 0.326 e. The first-order valence-electron chi connectivity index (χ1n) is 21.7. The van der Waals surface area contributed by atoms with Crippen molar-refractivity contribution in [2.24, 2.45) is 0 Å². The average molecular weight is 823 g/mol. The van der Waals surface area contributed by atoms with E-state index >= 15 is 0 Å². The Morgan fingerprint density at radius 1 is 0.460 bits per heavy atom. The highest BCUT2D eigenvalue weighted by atomic mass is 32.1. The summed E-state index contributed by atoms with van der Waals surface area (Å²) in [6.07, 6.45) is 7.74. The van der Waals surface area contributed by atoms with Crippen molar-refractivity contribution >= 4 is 70.3 Å². The zero-order valence-corrected chi connectivity index (χ0v) is 35.4. The number of aromatic nitrogens is 1. The van der Waals surface area contributed by atoms with Crippen molar-refractivity contribution in [3.8, 4) is 27.9 Å². The fourth-order valence-electron chi connectivity index (χ4n) is 10.2. The minimum Gasteiger partial charge on any atom is -0.326 e. The van der Waals surface area contributed by atoms with Gasteiger partial charge in [-0.15, -0.1) is 11.3 Å². The third kappa shape index (κ3) is 6.07. The lowest BCUT2D eigenvalue weighted by Crippen LogP contribution is -2.45. The molecular weight excluding hydrogens is 781 g/mol. The Balaban J connectivity index is 1.15. The van der Waals surface area contributed by atoms with Gasteiger partial charge < -0.3 is 9.47 Å². The highest BCUT2D eigenvalue weighted by molar-refractivity contribution is 7.26. The van der Waals surface area contributed by atoms with Gasteiger partial charge in [0.05, 0.1) is 16.7 Å². The van der Waals surface area contributed by atoms with Crippen LogP contribution < -0.4 is 4.90 Å². The number of thiophene rings is 1. The Bertz CT molecular complexity index is 3540. The van der Waals surface area contributed by atoms with Gasteiger partial charge >= 0.3 is 0 Å². The number of para-hydroxylation sites is 2. The molecule has 0 spiro atoms. The summed E-state index contributed by atoms with van der Waals surface area (Å²) in [5.74, 6) is 0. The Kier molecular flexibility index (Phi) is 9.02. The van der Waals surface area contributed by atoms with Crippen molar-refractivity contribution in [3.63, 3.8) is 0 Å². The molecule has 0 aliphatic heterocycles. The van der Waals surface area contributed by atoms with Crippen LogP contribution in [0.15, 0.2) is 243 Å². The van der Waals surface area contributed by atoms with Gasteiger partial charge in [-0.3, -0.25) is 0 Å². The first-order valence-corrected chi connectivity index (χ1v) is 22.6. The molecule has 0 radical (unpaired) electrons. The topological polar surface area (TPSA) is 8.17 Å². The van der Waals surface area contributed by atoms with Gasteiger partial charge in [0.1, 0.15) is 5.54 Å². The molecule has 0 bridgehead atoms. The van der Waals surface area contributed by atoms with E-state index in [4.69, 9.17) is 0 Å². The summed E-state index contributed by atoms with van der Waals surface area (Å²) in [5, 5.41) is 5.04. The van der Waals surface area contributed by atoms with Crippen molar-refractivity contribution in [1.29, 1.82) is 0 Å². The number of hydrogen-bond donors (Lipinski definition) is 0. The summed E-state index contributed by atoms with van der Waals surface area (Å²) in [6.45, 7) is 0. The maximum Gasteiger partial charge on any atom is 0.100 e. The van der Waals surface area contributed by atoms with Crippen molar-refractivity contribution in [2.45, 2.75) is 12.0 Å². The molecule has 2 heterocycles. The second-order valence-corrected chi connectivity index (χ2v) is 17.5. The van der Waals surface area contributed by atoms with Crippen molar-refractivity contribution < 1.29 is 0 Å². The summed E-state index contributed by atoms with van der Waals surface area (Å²) >= 11 is 1.87. The minimum absolute atomic E-state index is 0.675. The summed E-state index contributed by atoms with van der Waals surface area (Å²) in [7, 11) is 0. The molecule has 12 rings (SSSR count). The standard InChI is InChI=1S/C60H42N2S/c1-4-20-42(21-5-1)48-28-10-13-32-53(48)60(39-17-16-31-52(60)43-22-6-2-7-23-43)62(56-34-19-36-58-59(56)50-30-12-15-35-57(50)63-58)47-27-18-24-44(40-47)45-37-38-55-51(41-45)49-29-11-14-33-54(49)61(55)46-25-8-3-9-26-46/h1-38,40-41H,39H2. The highest BCUT2D eigenvalue weighted by Gasteiger charge is 2.46. The number of allylic oxidation sites excluding steroid dienone is 2. The van der Waals surface area contributed by atoms with Crippen LogP contribution in [0.3, 0.4) is 0 Å². The zero-order chi connectivity index (χ0) is 41.7. The molecule has 63 heavy (non-hydrogen) atoms. The molecule has 0 amide bonds. The van der Waals surface area contributed by atoms with E-state index in [1.165, 1.54) is 86.6 Å². The van der Waals surface area contributed by atoms with Crippen LogP contribution >= 0.6 is 11.3 Å². The average Bonchev–Trinajstić information content (AvgIpc) is 3.91. The van der Waals surface area contributed by atoms with E-state index in [0.717, 1.165) is 17.8 Å². The number of hydrogen-bond acceptors (Lipinski definition) is 2. The van der Waals surface area contributed by atoms with E-state index < -0.39 is 5.54 Å². The van der Waals surface area contributed by atoms with Crippen LogP contribution in [0.1, 0.15) is 17.5 Å². The van der Waals surface area contributed by atoms with E-state index in [1.807, 2.05) is 11.3 Å². The van der Waals surface area contributed by atoms with Crippen molar-refractivity contribution in [3.05, 3.63) is 254 Å². The summed E-state index contributed by atoms with van der Waals surface area (Å²) < 4.78 is 4.95. The maximum absolute atomic E-state index is 2.70. The second kappa shape index (κ2) is 15.3. The number of anilines is 2. The van der Waals surface area contributed by atoms with Gasteiger partial charge in [0.15, 0.2) is 0 Å². The second-order valence-electron chi connectivity index (χ2n) is 16.4. The van der Waals surface area contributed by atoms with Gasteiger partial charge in [-0.05, 0) is 106 Å². The summed E-state index contributed by atoms with van der Waals surface area (Å²) in [5.41, 5.74) is 13.7. The molecule has 3 heteroatoms. The van der Waals surface area contributed by atoms with Crippen LogP contribution in [-0.2, 0) is 5.54 Å². The fraction of sp³-hybridized carbons (Fsp3) is 0.0333. The molecule has 1 aliphatic carbocycles. The van der Waals surface area contributed by atoms with Crippen LogP contribution in [0, 0.1) is 0 Å². The number of fused-ring (bicyclic) bond motifs is 6. The minimum atomic E-state index is -0.675. The van der Waals surface area contributed by atoms with E-state index in [1.54, 1.807) is 0 Å². The predicted octanol–water partition coefficient (Wildman–Crippen LogP) is 16.6. The van der Waals surface area contributed by atoms with Crippen LogP contribution in [0.5, 0.6) is 0 Å². The lowest BCUT2D eigenvalue weighted by Gasteiger charge is -2.49. The monoisotopic (exact) mass is 822 g/mol. The highest BCUT2D eigenvalue weighted by Crippen LogP contribution is 2.56. The number of rotatable bonds is 8. The third-order valence-electron chi connectivity index (χ3n) is 12.9. The normalized spacial score (nSPS) is 15.0. The van der Waals surface area contributed by atoms with Gasteiger partial charge in [-0.25, -0.2) is 0 Å². The first kappa shape index (κ1) is 37.1. The van der Waals surface area contributed by atoms with Crippen LogP contribution in [0.2, 0.25) is 0 Å². The third-order valence-corrected chi connectivity index (χ3v) is 14.1. The summed E-state index contributed by atoms with van der Waals surface area (Å²) in [6, 6.07) is 82.6. The van der Waals surface area contributed by atoms with E-state index in [-0.39, 0.29) is 0 Å². The molecule has 9 aromatic carbocycles. The number of nitrogens with zero attached hydrogens (tertiary/aromatic N) is 2. The molecule has 298 valence electrons. The molecular formula is C60H42N2S. The zero-order valence-electron chi connectivity index (χ0n) is 34.6. The van der Waals surface area contributed by atoms with Crippen molar-refractivity contribution in [2.75, 3.05) is 4.90 Å². The van der Waals surface area contributed by atoms with Gasteiger partial charge in [-0.2, -0.15) is 0 Å². The molecule has 1 atom stereocenters. The molecule has 2 aromatic heterocycles. The Morgan fingerprint density at radius 3 is 1.94 bits per heavy atom. The van der Waals surface area contributed by atoms with E-state index in [2.05, 4.69) is 252 Å². The van der Waals surface area contributed by atoms with Crippen LogP contribution in [0.25, 0.3) is 75.5 Å².